The topological polar surface area (TPSA) is 29.5 Å². The molecule has 3 nitrogen and oxygen atoms in total. The molecule has 6 heteroatoms. The molecule has 0 aromatic heterocycles. The average molecular weight is 301 g/mol. The van der Waals surface area contributed by atoms with Crippen molar-refractivity contribution in [2.45, 2.75) is 45.1 Å². The molecule has 2 atom stereocenters. The number of hydrogen-bond donors (Lipinski definition) is 0. The molecule has 21 heavy (non-hydrogen) atoms. The number of alkyl halides is 3. The molecule has 0 bridgehead atoms. The van der Waals surface area contributed by atoms with Gasteiger partial charge in [0, 0.05) is 0 Å². The van der Waals surface area contributed by atoms with Crippen LogP contribution < -0.4 is 0 Å². The smallest absolute Gasteiger partial charge is 0.315 e. The minimum absolute atomic E-state index is 0.667. The number of carbonyl (C=O) groups is 1. The molecule has 0 unspecified atom stereocenters. The number of ether oxygens (including phenoxy) is 1. The lowest BCUT2D eigenvalue weighted by Gasteiger charge is -2.32. The molecule has 1 fully saturated rings. The molecule has 2 rings (SSSR count). The van der Waals surface area contributed by atoms with Gasteiger partial charge in [0.25, 0.3) is 5.91 Å². The maximum absolute atomic E-state index is 13.4. The van der Waals surface area contributed by atoms with Gasteiger partial charge in [0.15, 0.2) is 0 Å². The molecule has 1 aromatic rings. The molecule has 0 aliphatic carbocycles. The molecule has 0 N–H and O–H groups in total. The normalized spacial score (nSPS) is 24.6. The van der Waals surface area contributed by atoms with Crippen molar-refractivity contribution in [3.8, 4) is 0 Å². The van der Waals surface area contributed by atoms with E-state index in [-0.39, 0.29) is 0 Å². The minimum Gasteiger partial charge on any atom is -0.346 e. The second kappa shape index (κ2) is 5.67. The van der Waals surface area contributed by atoms with Gasteiger partial charge in [-0.25, -0.2) is 4.39 Å². The number of amides is 1. The van der Waals surface area contributed by atoms with Crippen molar-refractivity contribution in [3.05, 3.63) is 35.4 Å². The Labute approximate surface area is 121 Å². The third kappa shape index (κ3) is 2.90. The summed E-state index contributed by atoms with van der Waals surface area (Å²) < 4.78 is 44.6. The summed E-state index contributed by atoms with van der Waals surface area (Å²) in [6.45, 7) is 3.94. The Bertz CT molecular complexity index is 516. The van der Waals surface area contributed by atoms with E-state index in [1.807, 2.05) is 19.1 Å². The second-order valence-corrected chi connectivity index (χ2v) is 5.63. The Morgan fingerprint density at radius 3 is 2.38 bits per heavy atom. The molecular formula is C15H18F3NO2. The highest BCUT2D eigenvalue weighted by Crippen LogP contribution is 2.41. The molecular weight excluding hydrogens is 283 g/mol. The van der Waals surface area contributed by atoms with E-state index in [0.717, 1.165) is 10.5 Å². The van der Waals surface area contributed by atoms with E-state index in [9.17, 15) is 18.0 Å². The van der Waals surface area contributed by atoms with E-state index in [4.69, 9.17) is 4.74 Å². The Kier molecular flexibility index (Phi) is 4.27. The summed E-state index contributed by atoms with van der Waals surface area (Å²) in [5, 5.41) is 0. The van der Waals surface area contributed by atoms with Crippen LogP contribution in [-0.2, 0) is 9.53 Å². The maximum atomic E-state index is 13.4. The number of benzene rings is 1. The van der Waals surface area contributed by atoms with Crippen LogP contribution in [0.2, 0.25) is 0 Å². The van der Waals surface area contributed by atoms with Gasteiger partial charge in [-0.05, 0) is 26.3 Å². The molecule has 0 radical (unpaired) electrons. The number of aryl methyl sites for hydroxylation is 1. The molecule has 116 valence electrons. The van der Waals surface area contributed by atoms with Gasteiger partial charge in [-0.15, -0.1) is 0 Å². The standard InChI is InChI=1S/C15H18F3NO2/c1-9-4-6-10(7-5-9)12-11(8-16)19(14(20)13(17)18)15(2,3)21-12/h4-7,11-13H,8H2,1-3H3/t11-,12-/m1/s1. The first kappa shape index (κ1) is 15.8. The lowest BCUT2D eigenvalue weighted by Crippen LogP contribution is -2.51. The van der Waals surface area contributed by atoms with Gasteiger partial charge in [-0.3, -0.25) is 4.79 Å². The fourth-order valence-electron chi connectivity index (χ4n) is 2.71. The lowest BCUT2D eigenvalue weighted by atomic mass is 10.0. The zero-order valence-electron chi connectivity index (χ0n) is 12.1. The summed E-state index contributed by atoms with van der Waals surface area (Å²) in [4.78, 5) is 12.5. The summed E-state index contributed by atoms with van der Waals surface area (Å²) in [5.74, 6) is -1.41. The van der Waals surface area contributed by atoms with E-state index in [0.29, 0.717) is 5.56 Å². The van der Waals surface area contributed by atoms with Crippen molar-refractivity contribution < 1.29 is 22.7 Å². The van der Waals surface area contributed by atoms with Gasteiger partial charge >= 0.3 is 6.43 Å². The molecule has 1 saturated heterocycles. The van der Waals surface area contributed by atoms with Crippen LogP contribution in [0, 0.1) is 6.92 Å². The quantitative estimate of drug-likeness (QED) is 0.858. The number of carbonyl (C=O) groups excluding carboxylic acids is 1. The molecule has 1 aliphatic rings. The Balaban J connectivity index is 2.37. The zero-order chi connectivity index (χ0) is 15.8. The number of halogens is 3. The zero-order valence-corrected chi connectivity index (χ0v) is 12.1. The van der Waals surface area contributed by atoms with Crippen LogP contribution in [0.4, 0.5) is 13.2 Å². The highest BCUT2D eigenvalue weighted by Gasteiger charge is 2.51. The van der Waals surface area contributed by atoms with Crippen LogP contribution in [0.5, 0.6) is 0 Å². The van der Waals surface area contributed by atoms with Crippen molar-refractivity contribution in [1.29, 1.82) is 0 Å². The van der Waals surface area contributed by atoms with Gasteiger partial charge in [-0.2, -0.15) is 8.78 Å². The van der Waals surface area contributed by atoms with Crippen molar-refractivity contribution >= 4 is 5.91 Å². The number of rotatable bonds is 3. The average Bonchev–Trinajstić information content (AvgIpc) is 2.69. The lowest BCUT2D eigenvalue weighted by molar-refractivity contribution is -0.159. The largest absolute Gasteiger partial charge is 0.346 e. The van der Waals surface area contributed by atoms with E-state index < -0.39 is 36.9 Å². The third-order valence-corrected chi connectivity index (χ3v) is 3.66. The maximum Gasteiger partial charge on any atom is 0.315 e. The molecule has 0 saturated carbocycles. The van der Waals surface area contributed by atoms with E-state index in [1.54, 1.807) is 12.1 Å². The number of nitrogens with zero attached hydrogens (tertiary/aromatic N) is 1. The van der Waals surface area contributed by atoms with E-state index in [2.05, 4.69) is 0 Å². The molecule has 1 aromatic carbocycles. The number of hydrogen-bond acceptors (Lipinski definition) is 2. The predicted octanol–water partition coefficient (Wildman–Crippen LogP) is 3.23. The van der Waals surface area contributed by atoms with Crippen LogP contribution in [-0.4, -0.2) is 35.7 Å². The monoisotopic (exact) mass is 301 g/mol. The van der Waals surface area contributed by atoms with Crippen molar-refractivity contribution in [3.63, 3.8) is 0 Å². The first-order valence-corrected chi connectivity index (χ1v) is 6.69. The second-order valence-electron chi connectivity index (χ2n) is 5.63. The Hall–Kier alpha value is -1.56. The summed E-state index contributed by atoms with van der Waals surface area (Å²) in [7, 11) is 0. The molecule has 1 aliphatic heterocycles. The summed E-state index contributed by atoms with van der Waals surface area (Å²) in [5.41, 5.74) is 0.411. The molecule has 1 amide bonds. The minimum atomic E-state index is -3.18. The van der Waals surface area contributed by atoms with Crippen LogP contribution in [0.15, 0.2) is 24.3 Å². The van der Waals surface area contributed by atoms with Crippen LogP contribution in [0.1, 0.15) is 31.1 Å². The van der Waals surface area contributed by atoms with E-state index >= 15 is 0 Å². The summed E-state index contributed by atoms with van der Waals surface area (Å²) in [6.07, 6.45) is -3.94. The highest BCUT2D eigenvalue weighted by molar-refractivity contribution is 5.80. The van der Waals surface area contributed by atoms with Crippen molar-refractivity contribution in [2.24, 2.45) is 0 Å². The predicted molar refractivity (Wildman–Crippen MR) is 71.7 cm³/mol. The van der Waals surface area contributed by atoms with Gasteiger partial charge in [-0.1, -0.05) is 29.8 Å². The highest BCUT2D eigenvalue weighted by atomic mass is 19.3. The van der Waals surface area contributed by atoms with Gasteiger partial charge in [0.1, 0.15) is 18.5 Å². The third-order valence-electron chi connectivity index (χ3n) is 3.66. The van der Waals surface area contributed by atoms with E-state index in [1.165, 1.54) is 13.8 Å². The summed E-state index contributed by atoms with van der Waals surface area (Å²) in [6, 6.07) is 6.13. The summed E-state index contributed by atoms with van der Waals surface area (Å²) >= 11 is 0. The molecule has 0 spiro atoms. The van der Waals surface area contributed by atoms with Crippen LogP contribution in [0.3, 0.4) is 0 Å². The first-order chi connectivity index (χ1) is 9.77. The fraction of sp³-hybridized carbons (Fsp3) is 0.533. The van der Waals surface area contributed by atoms with Gasteiger partial charge < -0.3 is 9.64 Å². The Morgan fingerprint density at radius 2 is 1.90 bits per heavy atom. The fourth-order valence-corrected chi connectivity index (χ4v) is 2.71. The van der Waals surface area contributed by atoms with Crippen molar-refractivity contribution in [1.82, 2.24) is 4.90 Å². The molecule has 1 heterocycles. The SMILES string of the molecule is Cc1ccc([C@H]2OC(C)(C)N(C(=O)C(F)F)[C@@H]2CF)cc1. The van der Waals surface area contributed by atoms with Gasteiger partial charge in [0.2, 0.25) is 0 Å². The van der Waals surface area contributed by atoms with Gasteiger partial charge in [0.05, 0.1) is 6.04 Å². The van der Waals surface area contributed by atoms with Crippen LogP contribution >= 0.6 is 0 Å². The van der Waals surface area contributed by atoms with Crippen molar-refractivity contribution in [2.75, 3.05) is 6.67 Å². The Morgan fingerprint density at radius 1 is 1.33 bits per heavy atom. The van der Waals surface area contributed by atoms with Crippen LogP contribution in [0.25, 0.3) is 0 Å². The first-order valence-electron chi connectivity index (χ1n) is 6.69.